The lowest BCUT2D eigenvalue weighted by atomic mass is 9.96. The van der Waals surface area contributed by atoms with E-state index in [1.165, 1.54) is 41.4 Å². The van der Waals surface area contributed by atoms with Crippen molar-refractivity contribution in [2.24, 2.45) is 0 Å². The standard InChI is InChI=1S/C18H23N5O3S/c1-11-13-9-14(16(25)19-7-8-22-10-15(24)20-18(22)26)27-17(13)23(21-11)12-5-3-2-4-6-12/h9-10,12,24H,2-8H2,1H3,(H,19,25)(H,20,26). The van der Waals surface area contributed by atoms with E-state index in [0.717, 1.165) is 28.8 Å². The summed E-state index contributed by atoms with van der Waals surface area (Å²) < 4.78 is 3.44. The molecule has 8 nitrogen and oxygen atoms in total. The summed E-state index contributed by atoms with van der Waals surface area (Å²) in [5.74, 6) is -0.336. The first-order valence-corrected chi connectivity index (χ1v) is 10.1. The number of hydrogen-bond donors (Lipinski definition) is 3. The topological polar surface area (TPSA) is 105 Å². The minimum atomic E-state index is -0.396. The molecule has 0 bridgehead atoms. The maximum Gasteiger partial charge on any atom is 0.328 e. The van der Waals surface area contributed by atoms with E-state index in [-0.39, 0.29) is 11.8 Å². The number of amides is 1. The Labute approximate surface area is 159 Å². The van der Waals surface area contributed by atoms with Crippen LogP contribution in [-0.4, -0.2) is 36.9 Å². The second-order valence-corrected chi connectivity index (χ2v) is 8.08. The number of hydrogen-bond acceptors (Lipinski definition) is 5. The Kier molecular flexibility index (Phi) is 4.77. The third kappa shape index (κ3) is 3.51. The van der Waals surface area contributed by atoms with E-state index >= 15 is 0 Å². The van der Waals surface area contributed by atoms with Gasteiger partial charge in [0.2, 0.25) is 5.88 Å². The van der Waals surface area contributed by atoms with E-state index in [4.69, 9.17) is 5.10 Å². The van der Waals surface area contributed by atoms with E-state index < -0.39 is 5.69 Å². The predicted molar refractivity (Wildman–Crippen MR) is 104 cm³/mol. The van der Waals surface area contributed by atoms with Crippen LogP contribution < -0.4 is 11.0 Å². The van der Waals surface area contributed by atoms with Gasteiger partial charge in [-0.2, -0.15) is 5.10 Å². The summed E-state index contributed by atoms with van der Waals surface area (Å²) in [5, 5.41) is 17.9. The first kappa shape index (κ1) is 17.8. The summed E-state index contributed by atoms with van der Waals surface area (Å²) >= 11 is 1.47. The first-order chi connectivity index (χ1) is 13.0. The van der Waals surface area contributed by atoms with Gasteiger partial charge >= 0.3 is 5.69 Å². The molecule has 144 valence electrons. The number of aromatic nitrogens is 4. The van der Waals surface area contributed by atoms with Crippen LogP contribution in [0.15, 0.2) is 17.1 Å². The first-order valence-electron chi connectivity index (χ1n) is 9.28. The molecule has 3 aromatic rings. The second-order valence-electron chi connectivity index (χ2n) is 7.05. The van der Waals surface area contributed by atoms with Gasteiger partial charge in [-0.05, 0) is 25.8 Å². The van der Waals surface area contributed by atoms with E-state index in [1.54, 1.807) is 0 Å². The number of fused-ring (bicyclic) bond motifs is 1. The Balaban J connectivity index is 1.47. The highest BCUT2D eigenvalue weighted by atomic mass is 32.1. The van der Waals surface area contributed by atoms with Gasteiger partial charge in [0.05, 0.1) is 22.8 Å². The SMILES string of the molecule is Cc1nn(C2CCCCC2)c2sc(C(=O)NCCn3cc(O)[nH]c3=O)cc12. The zero-order valence-corrected chi connectivity index (χ0v) is 16.0. The van der Waals surface area contributed by atoms with E-state index in [9.17, 15) is 14.7 Å². The Morgan fingerprint density at radius 3 is 2.89 bits per heavy atom. The Bertz CT molecular complexity index is 1020. The van der Waals surface area contributed by atoms with Gasteiger partial charge in [0.1, 0.15) is 4.83 Å². The van der Waals surface area contributed by atoms with Crippen molar-refractivity contribution >= 4 is 27.5 Å². The quantitative estimate of drug-likeness (QED) is 0.623. The third-order valence-electron chi connectivity index (χ3n) is 5.12. The number of nitrogens with one attached hydrogen (secondary N) is 2. The van der Waals surface area contributed by atoms with E-state index in [0.29, 0.717) is 24.0 Å². The molecule has 0 atom stereocenters. The van der Waals surface area contributed by atoms with Crippen molar-refractivity contribution in [3.63, 3.8) is 0 Å². The number of thiophene rings is 1. The van der Waals surface area contributed by atoms with Crippen molar-refractivity contribution in [1.29, 1.82) is 0 Å². The maximum absolute atomic E-state index is 12.5. The molecule has 0 aliphatic heterocycles. The summed E-state index contributed by atoms with van der Waals surface area (Å²) in [6.07, 6.45) is 7.37. The number of carbonyl (C=O) groups is 1. The summed E-state index contributed by atoms with van der Waals surface area (Å²) in [5.41, 5.74) is 0.562. The molecule has 1 saturated carbocycles. The molecule has 3 aromatic heterocycles. The molecule has 4 rings (SSSR count). The van der Waals surface area contributed by atoms with Crippen LogP contribution in [-0.2, 0) is 6.54 Å². The Morgan fingerprint density at radius 2 is 2.19 bits per heavy atom. The van der Waals surface area contributed by atoms with Gasteiger partial charge in [-0.3, -0.25) is 19.0 Å². The maximum atomic E-state index is 12.5. The number of aromatic hydroxyl groups is 1. The van der Waals surface area contributed by atoms with E-state index in [2.05, 4.69) is 15.0 Å². The molecule has 1 fully saturated rings. The summed E-state index contributed by atoms with van der Waals surface area (Å²) in [7, 11) is 0. The fourth-order valence-corrected chi connectivity index (χ4v) is 4.87. The van der Waals surface area contributed by atoms with Crippen molar-refractivity contribution < 1.29 is 9.90 Å². The van der Waals surface area contributed by atoms with Crippen LogP contribution in [0, 0.1) is 6.92 Å². The van der Waals surface area contributed by atoms with Gasteiger partial charge in [0.15, 0.2) is 0 Å². The fourth-order valence-electron chi connectivity index (χ4n) is 3.72. The number of carbonyl (C=O) groups excluding carboxylic acids is 1. The molecule has 3 N–H and O–H groups in total. The Morgan fingerprint density at radius 1 is 1.41 bits per heavy atom. The van der Waals surface area contributed by atoms with Crippen LogP contribution in [0.1, 0.15) is 53.5 Å². The number of aryl methyl sites for hydroxylation is 1. The highest BCUT2D eigenvalue weighted by Crippen LogP contribution is 2.35. The van der Waals surface area contributed by atoms with Gasteiger partial charge in [-0.1, -0.05) is 19.3 Å². The van der Waals surface area contributed by atoms with E-state index in [1.807, 2.05) is 13.0 Å². The molecular formula is C18H23N5O3S. The zero-order chi connectivity index (χ0) is 19.0. The van der Waals surface area contributed by atoms with Gasteiger partial charge < -0.3 is 10.4 Å². The van der Waals surface area contributed by atoms with Gasteiger partial charge in [-0.15, -0.1) is 11.3 Å². The molecular weight excluding hydrogens is 366 g/mol. The summed E-state index contributed by atoms with van der Waals surface area (Å²) in [6.45, 7) is 2.58. The number of imidazole rings is 1. The zero-order valence-electron chi connectivity index (χ0n) is 15.2. The van der Waals surface area contributed by atoms with Gasteiger partial charge in [0.25, 0.3) is 5.91 Å². The minimum absolute atomic E-state index is 0.154. The molecule has 0 saturated heterocycles. The number of nitrogens with zero attached hydrogens (tertiary/aromatic N) is 3. The summed E-state index contributed by atoms with van der Waals surface area (Å²) in [6, 6.07) is 2.34. The molecule has 1 aliphatic rings. The molecule has 9 heteroatoms. The molecule has 3 heterocycles. The smallest absolute Gasteiger partial charge is 0.328 e. The lowest BCUT2D eigenvalue weighted by Crippen LogP contribution is -2.29. The second kappa shape index (κ2) is 7.22. The predicted octanol–water partition coefficient (Wildman–Crippen LogP) is 2.54. The lowest BCUT2D eigenvalue weighted by molar-refractivity contribution is 0.0956. The molecule has 1 aliphatic carbocycles. The molecule has 0 unspecified atom stereocenters. The highest BCUT2D eigenvalue weighted by molar-refractivity contribution is 7.20. The minimum Gasteiger partial charge on any atom is -0.493 e. The van der Waals surface area contributed by atoms with Gasteiger partial charge in [0, 0.05) is 18.5 Å². The number of aromatic amines is 1. The highest BCUT2D eigenvalue weighted by Gasteiger charge is 2.22. The lowest BCUT2D eigenvalue weighted by Gasteiger charge is -2.22. The van der Waals surface area contributed by atoms with Crippen molar-refractivity contribution in [2.45, 2.75) is 51.6 Å². The average Bonchev–Trinajstić information content (AvgIpc) is 3.31. The largest absolute Gasteiger partial charge is 0.493 e. The normalized spacial score (nSPS) is 15.4. The molecule has 0 spiro atoms. The molecule has 0 aromatic carbocycles. The molecule has 1 amide bonds. The van der Waals surface area contributed by atoms with Crippen LogP contribution in [0.5, 0.6) is 5.88 Å². The monoisotopic (exact) mass is 389 g/mol. The van der Waals surface area contributed by atoms with Crippen molar-refractivity contribution in [2.75, 3.05) is 6.54 Å². The van der Waals surface area contributed by atoms with Crippen LogP contribution in [0.25, 0.3) is 10.2 Å². The third-order valence-corrected chi connectivity index (χ3v) is 6.25. The number of H-pyrrole nitrogens is 1. The molecule has 27 heavy (non-hydrogen) atoms. The van der Waals surface area contributed by atoms with Crippen LogP contribution in [0.3, 0.4) is 0 Å². The summed E-state index contributed by atoms with van der Waals surface area (Å²) in [4.78, 5) is 28.0. The molecule has 0 radical (unpaired) electrons. The van der Waals surface area contributed by atoms with Gasteiger partial charge in [-0.25, -0.2) is 4.79 Å². The van der Waals surface area contributed by atoms with Crippen LogP contribution >= 0.6 is 11.3 Å². The average molecular weight is 389 g/mol. The number of rotatable bonds is 5. The van der Waals surface area contributed by atoms with Crippen molar-refractivity contribution in [3.05, 3.63) is 33.3 Å². The van der Waals surface area contributed by atoms with Crippen molar-refractivity contribution in [3.8, 4) is 5.88 Å². The fraction of sp³-hybridized carbons (Fsp3) is 0.500. The van der Waals surface area contributed by atoms with Crippen LogP contribution in [0.2, 0.25) is 0 Å². The Hall–Kier alpha value is -2.55. The van der Waals surface area contributed by atoms with Crippen molar-refractivity contribution in [1.82, 2.24) is 24.6 Å². The van der Waals surface area contributed by atoms with Crippen LogP contribution in [0.4, 0.5) is 0 Å².